The number of aliphatic imine (C=N–C) groups is 1. The van der Waals surface area contributed by atoms with Gasteiger partial charge in [-0.3, -0.25) is 4.99 Å². The Labute approximate surface area is 69.7 Å². The minimum Gasteiger partial charge on any atom is -0.297 e. The summed E-state index contributed by atoms with van der Waals surface area (Å²) < 4.78 is 36.5. The molecule has 0 N–H and O–H groups in total. The number of hydrogen-bond acceptors (Lipinski definition) is 1. The Morgan fingerprint density at radius 2 is 2.17 bits per heavy atom. The molecule has 2 unspecified atom stereocenters. The highest BCUT2D eigenvalue weighted by atomic mass is 19.4. The van der Waals surface area contributed by atoms with Crippen molar-refractivity contribution in [2.24, 2.45) is 16.8 Å². The van der Waals surface area contributed by atoms with E-state index in [1.54, 1.807) is 6.21 Å². The first-order valence-corrected chi connectivity index (χ1v) is 4.10. The molecule has 0 saturated heterocycles. The summed E-state index contributed by atoms with van der Waals surface area (Å²) in [5.74, 6) is -1.20. The van der Waals surface area contributed by atoms with Crippen molar-refractivity contribution >= 4 is 6.21 Å². The van der Waals surface area contributed by atoms with Crippen LogP contribution in [0, 0.1) is 11.8 Å². The first kappa shape index (κ1) is 9.55. The van der Waals surface area contributed by atoms with Crippen LogP contribution in [0.4, 0.5) is 13.2 Å². The first-order chi connectivity index (χ1) is 5.54. The highest BCUT2D eigenvalue weighted by molar-refractivity contribution is 5.61. The summed E-state index contributed by atoms with van der Waals surface area (Å²) in [5.41, 5.74) is 0. The van der Waals surface area contributed by atoms with E-state index in [0.717, 1.165) is 6.42 Å². The summed E-state index contributed by atoms with van der Waals surface area (Å²) in [6.07, 6.45) is -1.45. The van der Waals surface area contributed by atoms with Crippen molar-refractivity contribution in [3.63, 3.8) is 0 Å². The third kappa shape index (κ3) is 2.22. The molecule has 0 fully saturated rings. The Hall–Kier alpha value is -0.540. The van der Waals surface area contributed by atoms with Crippen molar-refractivity contribution < 1.29 is 13.2 Å². The lowest BCUT2D eigenvalue weighted by Gasteiger charge is -2.24. The summed E-state index contributed by atoms with van der Waals surface area (Å²) >= 11 is 0. The minimum atomic E-state index is -4.06. The lowest BCUT2D eigenvalue weighted by molar-refractivity contribution is -0.175. The molecule has 12 heavy (non-hydrogen) atoms. The molecule has 0 radical (unpaired) electrons. The van der Waals surface area contributed by atoms with Crippen molar-refractivity contribution in [3.05, 3.63) is 0 Å². The molecule has 0 aromatic carbocycles. The predicted octanol–water partition coefficient (Wildman–Crippen LogP) is 2.67. The Morgan fingerprint density at radius 1 is 1.50 bits per heavy atom. The molecule has 2 atom stereocenters. The van der Waals surface area contributed by atoms with Gasteiger partial charge < -0.3 is 0 Å². The molecule has 1 heterocycles. The molecule has 0 aliphatic carbocycles. The average molecular weight is 179 g/mol. The molecular weight excluding hydrogens is 167 g/mol. The summed E-state index contributed by atoms with van der Waals surface area (Å²) in [7, 11) is 0. The van der Waals surface area contributed by atoms with Crippen LogP contribution < -0.4 is 0 Å². The van der Waals surface area contributed by atoms with E-state index in [1.807, 2.05) is 6.92 Å². The Morgan fingerprint density at radius 3 is 2.67 bits per heavy atom. The van der Waals surface area contributed by atoms with Crippen molar-refractivity contribution in [2.45, 2.75) is 25.9 Å². The molecule has 0 spiro atoms. The van der Waals surface area contributed by atoms with Crippen LogP contribution in [0.15, 0.2) is 4.99 Å². The van der Waals surface area contributed by atoms with E-state index in [9.17, 15) is 13.2 Å². The fourth-order valence-electron chi connectivity index (χ4n) is 1.35. The van der Waals surface area contributed by atoms with Crippen LogP contribution in [-0.2, 0) is 0 Å². The van der Waals surface area contributed by atoms with Crippen LogP contribution in [0.25, 0.3) is 0 Å². The van der Waals surface area contributed by atoms with Crippen LogP contribution in [0.2, 0.25) is 0 Å². The second kappa shape index (κ2) is 3.46. The third-order valence-corrected chi connectivity index (χ3v) is 2.22. The van der Waals surface area contributed by atoms with Gasteiger partial charge in [-0.25, -0.2) is 0 Å². The van der Waals surface area contributed by atoms with Crippen LogP contribution >= 0.6 is 0 Å². The molecule has 0 amide bonds. The molecule has 0 bridgehead atoms. The summed E-state index contributed by atoms with van der Waals surface area (Å²) in [4.78, 5) is 3.73. The number of hydrogen-bond donors (Lipinski definition) is 0. The number of halogens is 3. The van der Waals surface area contributed by atoms with Crippen molar-refractivity contribution in [1.82, 2.24) is 0 Å². The van der Waals surface area contributed by atoms with Gasteiger partial charge in [-0.15, -0.1) is 0 Å². The smallest absolute Gasteiger partial charge is 0.297 e. The van der Waals surface area contributed by atoms with E-state index >= 15 is 0 Å². The number of nitrogens with zero attached hydrogens (tertiary/aromatic N) is 1. The standard InChI is InChI=1S/C8H12F3N/c1-2-6-3-7(5-12-4-6)8(9,10)11/h4,6-7H,2-3,5H2,1H3. The quantitative estimate of drug-likeness (QED) is 0.586. The monoisotopic (exact) mass is 179 g/mol. The van der Waals surface area contributed by atoms with E-state index in [-0.39, 0.29) is 18.9 Å². The highest BCUT2D eigenvalue weighted by Gasteiger charge is 2.41. The zero-order valence-corrected chi connectivity index (χ0v) is 6.93. The maximum Gasteiger partial charge on any atom is 0.393 e. The molecule has 0 aromatic rings. The first-order valence-electron chi connectivity index (χ1n) is 4.10. The lowest BCUT2D eigenvalue weighted by Crippen LogP contribution is -2.31. The van der Waals surface area contributed by atoms with Gasteiger partial charge in [-0.05, 0) is 18.8 Å². The lowest BCUT2D eigenvalue weighted by atomic mass is 9.90. The molecular formula is C8H12F3N. The molecule has 70 valence electrons. The van der Waals surface area contributed by atoms with Crippen LogP contribution in [0.5, 0.6) is 0 Å². The predicted molar refractivity (Wildman–Crippen MR) is 41.3 cm³/mol. The largest absolute Gasteiger partial charge is 0.393 e. The van der Waals surface area contributed by atoms with Gasteiger partial charge in [0.15, 0.2) is 0 Å². The second-order valence-electron chi connectivity index (χ2n) is 3.16. The van der Waals surface area contributed by atoms with E-state index in [4.69, 9.17) is 0 Å². The number of rotatable bonds is 1. The summed E-state index contributed by atoms with van der Waals surface area (Å²) in [6, 6.07) is 0. The van der Waals surface area contributed by atoms with Gasteiger partial charge in [0.25, 0.3) is 0 Å². The molecule has 1 aliphatic rings. The maximum absolute atomic E-state index is 12.2. The zero-order valence-electron chi connectivity index (χ0n) is 6.93. The maximum atomic E-state index is 12.2. The van der Waals surface area contributed by atoms with E-state index in [0.29, 0.717) is 0 Å². The van der Waals surface area contributed by atoms with Crippen molar-refractivity contribution in [3.8, 4) is 0 Å². The van der Waals surface area contributed by atoms with E-state index in [1.165, 1.54) is 0 Å². The van der Waals surface area contributed by atoms with Crippen molar-refractivity contribution in [1.29, 1.82) is 0 Å². The van der Waals surface area contributed by atoms with E-state index in [2.05, 4.69) is 4.99 Å². The number of alkyl halides is 3. The molecule has 1 rings (SSSR count). The van der Waals surface area contributed by atoms with Gasteiger partial charge in [-0.1, -0.05) is 6.92 Å². The van der Waals surface area contributed by atoms with Gasteiger partial charge in [0, 0.05) is 6.21 Å². The topological polar surface area (TPSA) is 12.4 Å². The Kier molecular flexibility index (Phi) is 2.75. The van der Waals surface area contributed by atoms with E-state index < -0.39 is 12.1 Å². The van der Waals surface area contributed by atoms with Gasteiger partial charge in [0.2, 0.25) is 0 Å². The molecule has 4 heteroatoms. The van der Waals surface area contributed by atoms with Gasteiger partial charge in [-0.2, -0.15) is 13.2 Å². The Balaban J connectivity index is 2.56. The van der Waals surface area contributed by atoms with Crippen LogP contribution in [0.1, 0.15) is 19.8 Å². The van der Waals surface area contributed by atoms with Gasteiger partial charge >= 0.3 is 6.18 Å². The molecule has 0 aromatic heterocycles. The highest BCUT2D eigenvalue weighted by Crippen LogP contribution is 2.33. The summed E-state index contributed by atoms with van der Waals surface area (Å²) in [5, 5.41) is 0. The third-order valence-electron chi connectivity index (χ3n) is 2.22. The zero-order chi connectivity index (χ0) is 9.19. The second-order valence-corrected chi connectivity index (χ2v) is 3.16. The average Bonchev–Trinajstić information content (AvgIpc) is 2.03. The Bertz CT molecular complexity index is 174. The molecule has 1 aliphatic heterocycles. The van der Waals surface area contributed by atoms with Gasteiger partial charge in [0.05, 0.1) is 12.5 Å². The SMILES string of the molecule is CCC1C=NCC(C(F)(F)F)C1. The minimum absolute atomic E-state index is 0.0189. The molecule has 1 nitrogen and oxygen atoms in total. The fraction of sp³-hybridized carbons (Fsp3) is 0.875. The summed E-state index contributed by atoms with van der Waals surface area (Å²) in [6.45, 7) is 1.80. The van der Waals surface area contributed by atoms with Crippen LogP contribution in [-0.4, -0.2) is 18.9 Å². The van der Waals surface area contributed by atoms with Crippen molar-refractivity contribution in [2.75, 3.05) is 6.54 Å². The molecule has 0 saturated carbocycles. The van der Waals surface area contributed by atoms with Gasteiger partial charge in [0.1, 0.15) is 0 Å². The van der Waals surface area contributed by atoms with Crippen LogP contribution in [0.3, 0.4) is 0 Å². The fourth-order valence-corrected chi connectivity index (χ4v) is 1.35. The normalized spacial score (nSPS) is 30.7.